The number of nitrogens with two attached hydrogens (primary N) is 1. The minimum atomic E-state index is 0.0672. The molecule has 0 bridgehead atoms. The molecule has 0 spiro atoms. The van der Waals surface area contributed by atoms with E-state index in [1.54, 1.807) is 11.1 Å². The Balaban J connectivity index is 1.83. The summed E-state index contributed by atoms with van der Waals surface area (Å²) in [5.74, 6) is 1.51. The zero-order valence-electron chi connectivity index (χ0n) is 10.3. The molecule has 1 heterocycles. The number of likely N-dealkylation sites (N-methyl/N-ethyl adjacent to an activating group) is 1. The lowest BCUT2D eigenvalue weighted by Gasteiger charge is -2.16. The van der Waals surface area contributed by atoms with Crippen molar-refractivity contribution >= 4 is 5.91 Å². The van der Waals surface area contributed by atoms with E-state index in [-0.39, 0.29) is 12.5 Å². The SMILES string of the molecule is CC1CC1CN(C)C(=O)Cn1cc(CN)nn1. The van der Waals surface area contributed by atoms with Crippen molar-refractivity contribution in [3.05, 3.63) is 11.9 Å². The molecule has 94 valence electrons. The van der Waals surface area contributed by atoms with Gasteiger partial charge in [0.15, 0.2) is 0 Å². The van der Waals surface area contributed by atoms with Gasteiger partial charge in [0.1, 0.15) is 6.54 Å². The summed E-state index contributed by atoms with van der Waals surface area (Å²) in [6.45, 7) is 3.65. The van der Waals surface area contributed by atoms with Crippen LogP contribution in [0.4, 0.5) is 0 Å². The van der Waals surface area contributed by atoms with E-state index in [0.717, 1.165) is 12.5 Å². The van der Waals surface area contributed by atoms with Crippen LogP contribution in [0.2, 0.25) is 0 Å². The molecule has 2 N–H and O–H groups in total. The fraction of sp³-hybridized carbons (Fsp3) is 0.727. The lowest BCUT2D eigenvalue weighted by Crippen LogP contribution is -2.32. The Bertz CT molecular complexity index is 402. The predicted octanol–water partition coefficient (Wildman–Crippen LogP) is -0.149. The van der Waals surface area contributed by atoms with Crippen molar-refractivity contribution < 1.29 is 4.79 Å². The van der Waals surface area contributed by atoms with Crippen LogP contribution in [0.15, 0.2) is 6.20 Å². The van der Waals surface area contributed by atoms with Crippen molar-refractivity contribution in [1.29, 1.82) is 0 Å². The molecule has 1 aliphatic rings. The molecule has 6 nitrogen and oxygen atoms in total. The highest BCUT2D eigenvalue weighted by Gasteiger charge is 2.34. The first-order valence-electron chi connectivity index (χ1n) is 5.93. The third-order valence-electron chi connectivity index (χ3n) is 3.30. The van der Waals surface area contributed by atoms with E-state index in [2.05, 4.69) is 17.2 Å². The molecule has 1 saturated carbocycles. The Morgan fingerprint density at radius 1 is 1.71 bits per heavy atom. The van der Waals surface area contributed by atoms with Gasteiger partial charge in [-0.15, -0.1) is 5.10 Å². The molecule has 2 rings (SSSR count). The van der Waals surface area contributed by atoms with Gasteiger partial charge in [0.05, 0.1) is 11.9 Å². The van der Waals surface area contributed by atoms with Gasteiger partial charge in [0, 0.05) is 20.1 Å². The first kappa shape index (κ1) is 12.0. The normalized spacial score (nSPS) is 22.5. The highest BCUT2D eigenvalue weighted by atomic mass is 16.2. The fourth-order valence-corrected chi connectivity index (χ4v) is 1.88. The van der Waals surface area contributed by atoms with E-state index in [4.69, 9.17) is 5.73 Å². The lowest BCUT2D eigenvalue weighted by molar-refractivity contribution is -0.131. The van der Waals surface area contributed by atoms with Crippen LogP contribution in [0.5, 0.6) is 0 Å². The van der Waals surface area contributed by atoms with Crippen molar-refractivity contribution in [3.63, 3.8) is 0 Å². The molecule has 6 heteroatoms. The van der Waals surface area contributed by atoms with Crippen LogP contribution >= 0.6 is 0 Å². The van der Waals surface area contributed by atoms with Crippen LogP contribution in [-0.4, -0.2) is 39.4 Å². The maximum Gasteiger partial charge on any atom is 0.244 e. The first-order chi connectivity index (χ1) is 8.10. The van der Waals surface area contributed by atoms with Crippen LogP contribution in [-0.2, 0) is 17.9 Å². The van der Waals surface area contributed by atoms with Gasteiger partial charge < -0.3 is 10.6 Å². The van der Waals surface area contributed by atoms with E-state index in [9.17, 15) is 4.79 Å². The minimum absolute atomic E-state index is 0.0672. The van der Waals surface area contributed by atoms with Crippen molar-refractivity contribution in [2.75, 3.05) is 13.6 Å². The van der Waals surface area contributed by atoms with Gasteiger partial charge >= 0.3 is 0 Å². The van der Waals surface area contributed by atoms with Crippen molar-refractivity contribution in [2.24, 2.45) is 17.6 Å². The highest BCUT2D eigenvalue weighted by molar-refractivity contribution is 5.75. The van der Waals surface area contributed by atoms with Gasteiger partial charge in [-0.3, -0.25) is 4.79 Å². The number of amides is 1. The van der Waals surface area contributed by atoms with E-state index < -0.39 is 0 Å². The predicted molar refractivity (Wildman–Crippen MR) is 62.8 cm³/mol. The molecule has 0 saturated heterocycles. The monoisotopic (exact) mass is 237 g/mol. The van der Waals surface area contributed by atoms with Gasteiger partial charge in [-0.05, 0) is 18.3 Å². The Morgan fingerprint density at radius 3 is 2.94 bits per heavy atom. The molecule has 1 aliphatic carbocycles. The van der Waals surface area contributed by atoms with Crippen LogP contribution in [0.3, 0.4) is 0 Å². The number of hydrogen-bond acceptors (Lipinski definition) is 4. The van der Waals surface area contributed by atoms with Crippen LogP contribution < -0.4 is 5.73 Å². The molecular weight excluding hydrogens is 218 g/mol. The first-order valence-corrected chi connectivity index (χ1v) is 5.93. The number of nitrogens with zero attached hydrogens (tertiary/aromatic N) is 4. The van der Waals surface area contributed by atoms with Gasteiger partial charge in [-0.25, -0.2) is 4.68 Å². The summed E-state index contributed by atoms with van der Waals surface area (Å²) in [6.07, 6.45) is 2.95. The second-order valence-electron chi connectivity index (χ2n) is 4.86. The van der Waals surface area contributed by atoms with E-state index >= 15 is 0 Å². The second kappa shape index (κ2) is 4.83. The molecular formula is C11H19N5O. The molecule has 1 fully saturated rings. The third kappa shape index (κ3) is 3.03. The number of carbonyl (C=O) groups excluding carboxylic acids is 1. The van der Waals surface area contributed by atoms with Gasteiger partial charge in [-0.1, -0.05) is 12.1 Å². The zero-order chi connectivity index (χ0) is 12.4. The topological polar surface area (TPSA) is 77.0 Å². The standard InChI is InChI=1S/C11H19N5O/c1-8-3-9(8)5-15(2)11(17)7-16-6-10(4-12)13-14-16/h6,8-9H,3-5,7,12H2,1-2H3. The number of aromatic nitrogens is 3. The van der Waals surface area contributed by atoms with Crippen LogP contribution in [0.25, 0.3) is 0 Å². The molecule has 2 unspecified atom stereocenters. The Hall–Kier alpha value is -1.43. The summed E-state index contributed by atoms with van der Waals surface area (Å²) in [4.78, 5) is 13.7. The van der Waals surface area contributed by atoms with E-state index in [1.807, 2.05) is 7.05 Å². The lowest BCUT2D eigenvalue weighted by atomic mass is 10.3. The van der Waals surface area contributed by atoms with Gasteiger partial charge in [0.2, 0.25) is 5.91 Å². The largest absolute Gasteiger partial charge is 0.344 e. The smallest absolute Gasteiger partial charge is 0.244 e. The molecule has 17 heavy (non-hydrogen) atoms. The summed E-state index contributed by atoms with van der Waals surface area (Å²) in [7, 11) is 1.84. The van der Waals surface area contributed by atoms with Crippen molar-refractivity contribution in [1.82, 2.24) is 19.9 Å². The summed E-state index contributed by atoms with van der Waals surface area (Å²) in [5.41, 5.74) is 6.14. The fourth-order valence-electron chi connectivity index (χ4n) is 1.88. The maximum absolute atomic E-state index is 11.9. The minimum Gasteiger partial charge on any atom is -0.344 e. The average Bonchev–Trinajstić information content (AvgIpc) is 2.80. The Kier molecular flexibility index (Phi) is 3.42. The molecule has 1 aromatic rings. The molecule has 1 amide bonds. The third-order valence-corrected chi connectivity index (χ3v) is 3.30. The summed E-state index contributed by atoms with van der Waals surface area (Å²) < 4.78 is 1.54. The molecule has 2 atom stereocenters. The Labute approximate surface area is 101 Å². The van der Waals surface area contributed by atoms with Crippen molar-refractivity contribution in [2.45, 2.75) is 26.4 Å². The summed E-state index contributed by atoms with van der Waals surface area (Å²) in [6, 6.07) is 0. The van der Waals surface area contributed by atoms with E-state index in [1.165, 1.54) is 11.1 Å². The van der Waals surface area contributed by atoms with Crippen LogP contribution in [0, 0.1) is 11.8 Å². The number of carbonyl (C=O) groups is 1. The molecule has 0 aliphatic heterocycles. The Morgan fingerprint density at radius 2 is 2.41 bits per heavy atom. The number of hydrogen-bond donors (Lipinski definition) is 1. The van der Waals surface area contributed by atoms with Gasteiger partial charge in [0.25, 0.3) is 0 Å². The maximum atomic E-state index is 11.9. The quantitative estimate of drug-likeness (QED) is 0.772. The van der Waals surface area contributed by atoms with E-state index in [0.29, 0.717) is 18.2 Å². The molecule has 0 aromatic carbocycles. The molecule has 1 aromatic heterocycles. The van der Waals surface area contributed by atoms with Gasteiger partial charge in [-0.2, -0.15) is 0 Å². The summed E-state index contributed by atoms with van der Waals surface area (Å²) in [5, 5.41) is 7.71. The number of rotatable bonds is 5. The average molecular weight is 237 g/mol. The zero-order valence-corrected chi connectivity index (χ0v) is 10.3. The second-order valence-corrected chi connectivity index (χ2v) is 4.86. The van der Waals surface area contributed by atoms with Crippen LogP contribution in [0.1, 0.15) is 19.0 Å². The van der Waals surface area contributed by atoms with Crippen molar-refractivity contribution in [3.8, 4) is 0 Å². The highest BCUT2D eigenvalue weighted by Crippen LogP contribution is 2.37. The summed E-state index contributed by atoms with van der Waals surface area (Å²) >= 11 is 0. The molecule has 0 radical (unpaired) electrons.